The third-order valence-corrected chi connectivity index (χ3v) is 5.71. The molecule has 1 aliphatic rings. The molecule has 1 atom stereocenters. The smallest absolute Gasteiger partial charge is 0.338 e. The summed E-state index contributed by atoms with van der Waals surface area (Å²) in [6, 6.07) is 8.21. The van der Waals surface area contributed by atoms with E-state index in [1.54, 1.807) is 13.0 Å². The molecule has 0 spiro atoms. The summed E-state index contributed by atoms with van der Waals surface area (Å²) in [5.74, 6) is 0.853. The van der Waals surface area contributed by atoms with Crippen molar-refractivity contribution in [3.8, 4) is 11.5 Å². The molecule has 0 bridgehead atoms. The molecule has 6 nitrogen and oxygen atoms in total. The second kappa shape index (κ2) is 7.83. The number of benzene rings is 2. The van der Waals surface area contributed by atoms with Gasteiger partial charge in [0.15, 0.2) is 9.84 Å². The Morgan fingerprint density at radius 2 is 2.00 bits per heavy atom. The Morgan fingerprint density at radius 3 is 2.68 bits per heavy atom. The Kier molecular flexibility index (Phi) is 5.65. The van der Waals surface area contributed by atoms with E-state index in [1.807, 2.05) is 26.0 Å². The van der Waals surface area contributed by atoms with Gasteiger partial charge in [-0.2, -0.15) is 0 Å². The van der Waals surface area contributed by atoms with Gasteiger partial charge in [0.2, 0.25) is 0 Å². The highest BCUT2D eigenvalue weighted by Gasteiger charge is 2.23. The summed E-state index contributed by atoms with van der Waals surface area (Å²) >= 11 is 0. The van der Waals surface area contributed by atoms with Crippen molar-refractivity contribution in [3.05, 3.63) is 52.6 Å². The Bertz CT molecular complexity index is 1010. The molecular weight excluding hydrogens is 380 g/mol. The van der Waals surface area contributed by atoms with Gasteiger partial charge in [0, 0.05) is 23.8 Å². The first-order valence-corrected chi connectivity index (χ1v) is 11.0. The Labute approximate surface area is 165 Å². The van der Waals surface area contributed by atoms with Crippen LogP contribution in [0.5, 0.6) is 11.5 Å². The summed E-state index contributed by atoms with van der Waals surface area (Å²) in [6.45, 7) is 6.12. The fraction of sp³-hybridized carbons (Fsp3) is 0.381. The van der Waals surface area contributed by atoms with Gasteiger partial charge in [-0.3, -0.25) is 0 Å². The van der Waals surface area contributed by atoms with Gasteiger partial charge in [-0.25, -0.2) is 13.2 Å². The maximum absolute atomic E-state index is 12.6. The molecule has 0 amide bonds. The van der Waals surface area contributed by atoms with Gasteiger partial charge in [0.1, 0.15) is 24.2 Å². The highest BCUT2D eigenvalue weighted by Crippen LogP contribution is 2.35. The second-order valence-electron chi connectivity index (χ2n) is 6.96. The minimum Gasteiger partial charge on any atom is -0.493 e. The van der Waals surface area contributed by atoms with E-state index >= 15 is 0 Å². The maximum atomic E-state index is 12.6. The zero-order valence-corrected chi connectivity index (χ0v) is 17.3. The molecule has 0 saturated carbocycles. The van der Waals surface area contributed by atoms with Gasteiger partial charge >= 0.3 is 5.97 Å². The van der Waals surface area contributed by atoms with E-state index in [4.69, 9.17) is 14.2 Å². The van der Waals surface area contributed by atoms with Crippen LogP contribution in [0.3, 0.4) is 0 Å². The minimum absolute atomic E-state index is 0.00172. The number of ether oxygens (including phenoxy) is 3. The third-order valence-electron chi connectivity index (χ3n) is 4.59. The van der Waals surface area contributed by atoms with Crippen molar-refractivity contribution in [2.24, 2.45) is 0 Å². The zero-order chi connectivity index (χ0) is 20.5. The van der Waals surface area contributed by atoms with E-state index in [9.17, 15) is 13.2 Å². The van der Waals surface area contributed by atoms with Crippen LogP contribution >= 0.6 is 0 Å². The van der Waals surface area contributed by atoms with Gasteiger partial charge in [-0.05, 0) is 50.6 Å². The van der Waals surface area contributed by atoms with E-state index in [0.717, 1.165) is 24.0 Å². The van der Waals surface area contributed by atoms with Crippen LogP contribution in [0.25, 0.3) is 0 Å². The third kappa shape index (κ3) is 4.30. The van der Waals surface area contributed by atoms with Gasteiger partial charge in [0.25, 0.3) is 0 Å². The molecule has 0 N–H and O–H groups in total. The molecule has 28 heavy (non-hydrogen) atoms. The SMILES string of the molecule is CCOc1cc2c(cc1COC(=O)c1cc(S(C)(=O)=O)ccc1C)OC(C)C2. The van der Waals surface area contributed by atoms with Gasteiger partial charge < -0.3 is 14.2 Å². The second-order valence-corrected chi connectivity index (χ2v) is 8.97. The first-order chi connectivity index (χ1) is 13.2. The van der Waals surface area contributed by atoms with Crippen molar-refractivity contribution < 1.29 is 27.4 Å². The van der Waals surface area contributed by atoms with Crippen molar-refractivity contribution in [1.82, 2.24) is 0 Å². The highest BCUT2D eigenvalue weighted by atomic mass is 32.2. The first-order valence-electron chi connectivity index (χ1n) is 9.12. The number of rotatable bonds is 6. The predicted molar refractivity (Wildman–Crippen MR) is 105 cm³/mol. The van der Waals surface area contributed by atoms with Gasteiger partial charge in [-0.15, -0.1) is 0 Å². The summed E-state index contributed by atoms with van der Waals surface area (Å²) in [5.41, 5.74) is 2.66. The summed E-state index contributed by atoms with van der Waals surface area (Å²) in [4.78, 5) is 12.7. The molecule has 0 aromatic heterocycles. The van der Waals surface area contributed by atoms with Crippen molar-refractivity contribution in [2.45, 2.75) is 44.8 Å². The van der Waals surface area contributed by atoms with Crippen LogP contribution in [0.1, 0.15) is 40.9 Å². The minimum atomic E-state index is -3.41. The fourth-order valence-corrected chi connectivity index (χ4v) is 3.80. The molecule has 1 aliphatic heterocycles. The van der Waals surface area contributed by atoms with Crippen molar-refractivity contribution in [3.63, 3.8) is 0 Å². The Morgan fingerprint density at radius 1 is 1.25 bits per heavy atom. The largest absolute Gasteiger partial charge is 0.493 e. The molecular formula is C21H24O6S. The Hall–Kier alpha value is -2.54. The fourth-order valence-electron chi connectivity index (χ4n) is 3.16. The van der Waals surface area contributed by atoms with E-state index in [2.05, 4.69) is 0 Å². The predicted octanol–water partition coefficient (Wildman–Crippen LogP) is 3.48. The van der Waals surface area contributed by atoms with Crippen LogP contribution in [0.2, 0.25) is 0 Å². The molecule has 2 aromatic rings. The number of carbonyl (C=O) groups excluding carboxylic acids is 1. The van der Waals surface area contributed by atoms with E-state index in [1.165, 1.54) is 12.1 Å². The summed E-state index contributed by atoms with van der Waals surface area (Å²) in [5, 5.41) is 0. The number of aryl methyl sites for hydroxylation is 1. The van der Waals surface area contributed by atoms with Crippen LogP contribution in [0, 0.1) is 6.92 Å². The highest BCUT2D eigenvalue weighted by molar-refractivity contribution is 7.90. The maximum Gasteiger partial charge on any atom is 0.338 e. The van der Waals surface area contributed by atoms with Crippen molar-refractivity contribution in [2.75, 3.05) is 12.9 Å². The monoisotopic (exact) mass is 404 g/mol. The zero-order valence-electron chi connectivity index (χ0n) is 16.4. The quantitative estimate of drug-likeness (QED) is 0.686. The molecule has 0 radical (unpaired) electrons. The van der Waals surface area contributed by atoms with E-state index in [0.29, 0.717) is 23.5 Å². The molecule has 3 rings (SSSR count). The number of fused-ring (bicyclic) bond motifs is 1. The molecule has 7 heteroatoms. The number of esters is 1. The molecule has 0 saturated heterocycles. The lowest BCUT2D eigenvalue weighted by atomic mass is 10.1. The first kappa shape index (κ1) is 20.2. The van der Waals surface area contributed by atoms with Gasteiger partial charge in [-0.1, -0.05) is 6.07 Å². The van der Waals surface area contributed by atoms with E-state index < -0.39 is 15.8 Å². The lowest BCUT2D eigenvalue weighted by Gasteiger charge is -2.14. The molecule has 1 unspecified atom stereocenters. The molecule has 1 heterocycles. The number of carbonyl (C=O) groups is 1. The molecule has 2 aromatic carbocycles. The topological polar surface area (TPSA) is 78.9 Å². The van der Waals surface area contributed by atoms with Crippen LogP contribution in [0.15, 0.2) is 35.2 Å². The van der Waals surface area contributed by atoms with Gasteiger partial charge in [0.05, 0.1) is 17.1 Å². The van der Waals surface area contributed by atoms with Crippen LogP contribution in [-0.2, 0) is 27.6 Å². The van der Waals surface area contributed by atoms with Crippen molar-refractivity contribution >= 4 is 15.8 Å². The standard InChI is InChI=1S/C21H24O6S/c1-5-25-19-9-15-8-14(3)27-20(15)10-16(19)12-26-21(22)18-11-17(28(4,23)24)7-6-13(18)2/h6-7,9-11,14H,5,8,12H2,1-4H3. The average Bonchev–Trinajstić information content (AvgIpc) is 2.98. The van der Waals surface area contributed by atoms with E-state index in [-0.39, 0.29) is 23.2 Å². The summed E-state index contributed by atoms with van der Waals surface area (Å²) < 4.78 is 40.5. The van der Waals surface area contributed by atoms with Crippen LogP contribution in [0.4, 0.5) is 0 Å². The van der Waals surface area contributed by atoms with Crippen LogP contribution < -0.4 is 9.47 Å². The number of hydrogen-bond donors (Lipinski definition) is 0. The number of hydrogen-bond acceptors (Lipinski definition) is 6. The van der Waals surface area contributed by atoms with Crippen LogP contribution in [-0.4, -0.2) is 33.4 Å². The van der Waals surface area contributed by atoms with Crippen molar-refractivity contribution in [1.29, 1.82) is 0 Å². The molecule has 0 fully saturated rings. The lowest BCUT2D eigenvalue weighted by molar-refractivity contribution is 0.0468. The Balaban J connectivity index is 1.83. The summed E-state index contributed by atoms with van der Waals surface area (Å²) in [6.07, 6.45) is 2.02. The number of sulfone groups is 1. The summed E-state index contributed by atoms with van der Waals surface area (Å²) in [7, 11) is -3.41. The average molecular weight is 404 g/mol. The molecule has 0 aliphatic carbocycles. The molecule has 150 valence electrons. The normalized spacial score (nSPS) is 15.6. The lowest BCUT2D eigenvalue weighted by Crippen LogP contribution is -2.10.